The van der Waals surface area contributed by atoms with Gasteiger partial charge in [0.1, 0.15) is 0 Å². The predicted molar refractivity (Wildman–Crippen MR) is 67.6 cm³/mol. The standard InChI is InChI=1S/C14H18FNO/c1-11(17)12-5-6-14-13(10-12)4-2-8-16(14)9-3-7-15/h5-6,10H,2-4,7-9H2,1H3. The van der Waals surface area contributed by atoms with E-state index >= 15 is 0 Å². The van der Waals surface area contributed by atoms with Crippen LogP contribution in [0.3, 0.4) is 0 Å². The second-order valence-electron chi connectivity index (χ2n) is 4.53. The number of Topliss-reactive ketones (excluding diaryl/α,β-unsaturated/α-hetero) is 1. The van der Waals surface area contributed by atoms with Crippen molar-refractivity contribution in [2.24, 2.45) is 0 Å². The number of rotatable bonds is 4. The molecule has 3 heteroatoms. The highest BCUT2D eigenvalue weighted by molar-refractivity contribution is 5.94. The van der Waals surface area contributed by atoms with E-state index in [9.17, 15) is 9.18 Å². The van der Waals surface area contributed by atoms with Gasteiger partial charge in [-0.2, -0.15) is 0 Å². The molecule has 0 aliphatic carbocycles. The Morgan fingerprint density at radius 2 is 2.29 bits per heavy atom. The maximum atomic E-state index is 12.2. The smallest absolute Gasteiger partial charge is 0.159 e. The van der Waals surface area contributed by atoms with Crippen LogP contribution in [0.4, 0.5) is 10.1 Å². The van der Waals surface area contributed by atoms with Crippen molar-refractivity contribution in [1.29, 1.82) is 0 Å². The zero-order valence-corrected chi connectivity index (χ0v) is 10.2. The third-order valence-electron chi connectivity index (χ3n) is 3.26. The van der Waals surface area contributed by atoms with Crippen LogP contribution in [0.15, 0.2) is 18.2 Å². The Morgan fingerprint density at radius 1 is 1.47 bits per heavy atom. The van der Waals surface area contributed by atoms with Crippen LogP contribution in [0.1, 0.15) is 35.7 Å². The van der Waals surface area contributed by atoms with E-state index in [4.69, 9.17) is 0 Å². The van der Waals surface area contributed by atoms with Gasteiger partial charge in [-0.25, -0.2) is 0 Å². The summed E-state index contributed by atoms with van der Waals surface area (Å²) in [5.41, 5.74) is 3.17. The quantitative estimate of drug-likeness (QED) is 0.748. The first-order chi connectivity index (χ1) is 8.22. The van der Waals surface area contributed by atoms with Crippen molar-refractivity contribution in [3.63, 3.8) is 0 Å². The highest BCUT2D eigenvalue weighted by Crippen LogP contribution is 2.28. The highest BCUT2D eigenvalue weighted by Gasteiger charge is 2.17. The van der Waals surface area contributed by atoms with Crippen molar-refractivity contribution in [2.75, 3.05) is 24.7 Å². The van der Waals surface area contributed by atoms with Crippen LogP contribution in [-0.2, 0) is 6.42 Å². The summed E-state index contributed by atoms with van der Waals surface area (Å²) < 4.78 is 12.2. The number of ketones is 1. The molecule has 2 nitrogen and oxygen atoms in total. The Labute approximate surface area is 101 Å². The summed E-state index contributed by atoms with van der Waals surface area (Å²) in [6.45, 7) is 3.08. The lowest BCUT2D eigenvalue weighted by atomic mass is 9.98. The lowest BCUT2D eigenvalue weighted by Crippen LogP contribution is -2.30. The molecule has 1 aromatic rings. The SMILES string of the molecule is CC(=O)c1ccc2c(c1)CCCN2CCCF. The molecule has 17 heavy (non-hydrogen) atoms. The highest BCUT2D eigenvalue weighted by atomic mass is 19.1. The van der Waals surface area contributed by atoms with Gasteiger partial charge in [0.05, 0.1) is 6.67 Å². The fourth-order valence-electron chi connectivity index (χ4n) is 2.38. The molecular weight excluding hydrogens is 217 g/mol. The number of hydrogen-bond acceptors (Lipinski definition) is 2. The van der Waals surface area contributed by atoms with Gasteiger partial charge in [-0.05, 0) is 49.9 Å². The molecule has 1 aliphatic heterocycles. The number of alkyl halides is 1. The van der Waals surface area contributed by atoms with Crippen molar-refractivity contribution in [3.05, 3.63) is 29.3 Å². The first kappa shape index (κ1) is 12.1. The van der Waals surface area contributed by atoms with E-state index in [1.165, 1.54) is 11.3 Å². The summed E-state index contributed by atoms with van der Waals surface area (Å²) in [5.74, 6) is 0.105. The van der Waals surface area contributed by atoms with Crippen LogP contribution in [0.25, 0.3) is 0 Å². The second-order valence-corrected chi connectivity index (χ2v) is 4.53. The number of aryl methyl sites for hydroxylation is 1. The van der Waals surface area contributed by atoms with Crippen molar-refractivity contribution in [2.45, 2.75) is 26.2 Å². The lowest BCUT2D eigenvalue weighted by Gasteiger charge is -2.31. The topological polar surface area (TPSA) is 20.3 Å². The minimum Gasteiger partial charge on any atom is -0.371 e. The third kappa shape index (κ3) is 2.65. The molecule has 0 aromatic heterocycles. The van der Waals surface area contributed by atoms with Crippen LogP contribution in [-0.4, -0.2) is 25.5 Å². The number of halogens is 1. The number of carbonyl (C=O) groups excluding carboxylic acids is 1. The van der Waals surface area contributed by atoms with E-state index in [1.807, 2.05) is 18.2 Å². The Balaban J connectivity index is 2.23. The molecule has 0 radical (unpaired) electrons. The molecule has 0 bridgehead atoms. The van der Waals surface area contributed by atoms with Crippen LogP contribution in [0.2, 0.25) is 0 Å². The molecule has 2 rings (SSSR count). The van der Waals surface area contributed by atoms with Gasteiger partial charge in [-0.1, -0.05) is 0 Å². The number of carbonyl (C=O) groups is 1. The Hall–Kier alpha value is -1.38. The van der Waals surface area contributed by atoms with Crippen molar-refractivity contribution in [3.8, 4) is 0 Å². The van der Waals surface area contributed by atoms with E-state index in [0.717, 1.165) is 31.5 Å². The van der Waals surface area contributed by atoms with Gasteiger partial charge < -0.3 is 4.90 Å². The first-order valence-corrected chi connectivity index (χ1v) is 6.17. The normalized spacial score (nSPS) is 14.6. The molecule has 0 amide bonds. The molecule has 92 valence electrons. The number of anilines is 1. The molecule has 0 atom stereocenters. The summed E-state index contributed by atoms with van der Waals surface area (Å²) in [6, 6.07) is 5.86. The molecule has 0 saturated heterocycles. The van der Waals surface area contributed by atoms with Crippen molar-refractivity contribution in [1.82, 2.24) is 0 Å². The molecule has 1 aliphatic rings. The second kappa shape index (κ2) is 5.30. The van der Waals surface area contributed by atoms with Gasteiger partial charge in [0.25, 0.3) is 0 Å². The lowest BCUT2D eigenvalue weighted by molar-refractivity contribution is 0.101. The van der Waals surface area contributed by atoms with E-state index in [2.05, 4.69) is 4.90 Å². The third-order valence-corrected chi connectivity index (χ3v) is 3.26. The zero-order chi connectivity index (χ0) is 12.3. The van der Waals surface area contributed by atoms with Crippen LogP contribution in [0.5, 0.6) is 0 Å². The monoisotopic (exact) mass is 235 g/mol. The Morgan fingerprint density at radius 3 is 3.00 bits per heavy atom. The van der Waals surface area contributed by atoms with Gasteiger partial charge in [-0.15, -0.1) is 0 Å². The number of hydrogen-bond donors (Lipinski definition) is 0. The average molecular weight is 235 g/mol. The zero-order valence-electron chi connectivity index (χ0n) is 10.2. The molecule has 0 saturated carbocycles. The first-order valence-electron chi connectivity index (χ1n) is 6.17. The number of nitrogens with zero attached hydrogens (tertiary/aromatic N) is 1. The van der Waals surface area contributed by atoms with E-state index < -0.39 is 0 Å². The molecular formula is C14H18FNO. The maximum absolute atomic E-state index is 12.2. The van der Waals surface area contributed by atoms with Gasteiger partial charge in [0.2, 0.25) is 0 Å². The van der Waals surface area contributed by atoms with Crippen molar-refractivity contribution < 1.29 is 9.18 Å². The molecule has 0 N–H and O–H groups in total. The van der Waals surface area contributed by atoms with E-state index in [1.54, 1.807) is 6.92 Å². The van der Waals surface area contributed by atoms with E-state index in [0.29, 0.717) is 6.42 Å². The summed E-state index contributed by atoms with van der Waals surface area (Å²) in [5, 5.41) is 0. The summed E-state index contributed by atoms with van der Waals surface area (Å²) in [7, 11) is 0. The van der Waals surface area contributed by atoms with E-state index in [-0.39, 0.29) is 12.5 Å². The Bertz CT molecular complexity index is 417. The Kier molecular flexibility index (Phi) is 3.77. The number of fused-ring (bicyclic) bond motifs is 1. The summed E-state index contributed by atoms with van der Waals surface area (Å²) in [4.78, 5) is 13.5. The largest absolute Gasteiger partial charge is 0.371 e. The molecule has 1 aromatic carbocycles. The van der Waals surface area contributed by atoms with Gasteiger partial charge in [0, 0.05) is 24.3 Å². The fraction of sp³-hybridized carbons (Fsp3) is 0.500. The van der Waals surface area contributed by atoms with Crippen LogP contribution < -0.4 is 4.90 Å². The predicted octanol–water partition coefficient (Wildman–Crippen LogP) is 3.00. The number of benzene rings is 1. The van der Waals surface area contributed by atoms with Gasteiger partial charge in [0.15, 0.2) is 5.78 Å². The van der Waals surface area contributed by atoms with Gasteiger partial charge >= 0.3 is 0 Å². The molecule has 0 unspecified atom stereocenters. The van der Waals surface area contributed by atoms with Crippen LogP contribution in [0, 0.1) is 0 Å². The summed E-state index contributed by atoms with van der Waals surface area (Å²) in [6.07, 6.45) is 2.68. The maximum Gasteiger partial charge on any atom is 0.159 e. The molecule has 0 spiro atoms. The molecule has 1 heterocycles. The fourth-order valence-corrected chi connectivity index (χ4v) is 2.38. The minimum atomic E-state index is -0.267. The van der Waals surface area contributed by atoms with Gasteiger partial charge in [-0.3, -0.25) is 9.18 Å². The summed E-state index contributed by atoms with van der Waals surface area (Å²) >= 11 is 0. The van der Waals surface area contributed by atoms with Crippen LogP contribution >= 0.6 is 0 Å². The van der Waals surface area contributed by atoms with Crippen molar-refractivity contribution >= 4 is 11.5 Å². The minimum absolute atomic E-state index is 0.105. The average Bonchev–Trinajstić information content (AvgIpc) is 2.35. The molecule has 0 fully saturated rings.